The number of ether oxygens (including phenoxy) is 1. The summed E-state index contributed by atoms with van der Waals surface area (Å²) in [4.78, 5) is 44.7. The number of carbonyl (C=O) groups is 3. The average Bonchev–Trinajstić information content (AvgIpc) is 3.16. The Morgan fingerprint density at radius 2 is 1.87 bits per heavy atom. The van der Waals surface area contributed by atoms with Gasteiger partial charge in [-0.25, -0.2) is 4.39 Å². The van der Waals surface area contributed by atoms with Crippen LogP contribution in [0, 0.1) is 5.82 Å². The van der Waals surface area contributed by atoms with Crippen LogP contribution in [-0.4, -0.2) is 83.9 Å². The number of nitrogens with one attached hydrogen (secondary N) is 2. The highest BCUT2D eigenvalue weighted by Gasteiger charge is 2.45. The van der Waals surface area contributed by atoms with E-state index in [9.17, 15) is 14.4 Å². The number of hydrogen-bond acceptors (Lipinski definition) is 7. The number of hydrogen-bond donors (Lipinski definition) is 2. The smallest absolute Gasteiger partial charge is 0.264 e. The number of rotatable bonds is 7. The van der Waals surface area contributed by atoms with Crippen molar-refractivity contribution in [2.45, 2.75) is 38.0 Å². The maximum Gasteiger partial charge on any atom is 0.264 e. The Hall–Kier alpha value is -3.60. The summed E-state index contributed by atoms with van der Waals surface area (Å²) in [5.74, 6) is -1.75. The summed E-state index contributed by atoms with van der Waals surface area (Å²) in [6, 6.07) is 9.88. The molecule has 204 valence electrons. The molecule has 0 bridgehead atoms. The van der Waals surface area contributed by atoms with Gasteiger partial charge in [0, 0.05) is 62.3 Å². The molecule has 9 nitrogen and oxygen atoms in total. The van der Waals surface area contributed by atoms with E-state index in [1.165, 1.54) is 0 Å². The van der Waals surface area contributed by atoms with Crippen molar-refractivity contribution in [3.8, 4) is 0 Å². The minimum Gasteiger partial charge on any atom is -0.380 e. The molecule has 6 rings (SSSR count). The number of halogens is 1. The Balaban J connectivity index is 1.09. The molecular weight excluding hydrogens is 501 g/mol. The van der Waals surface area contributed by atoms with E-state index in [0.29, 0.717) is 42.4 Å². The van der Waals surface area contributed by atoms with Crippen LogP contribution in [0.25, 0.3) is 0 Å². The number of imide groups is 1. The number of likely N-dealkylation sites (tertiary alicyclic amines) is 1. The molecule has 0 aromatic heterocycles. The summed E-state index contributed by atoms with van der Waals surface area (Å²) in [5, 5.41) is 5.77. The van der Waals surface area contributed by atoms with E-state index in [1.807, 2.05) is 6.07 Å². The van der Waals surface area contributed by atoms with Gasteiger partial charge in [-0.15, -0.1) is 0 Å². The Kier molecular flexibility index (Phi) is 6.92. The maximum atomic E-state index is 15.0. The molecule has 2 N–H and O–H groups in total. The molecule has 1 atom stereocenters. The lowest BCUT2D eigenvalue weighted by molar-refractivity contribution is -0.125. The SMILES string of the molecule is C=C1CCC(N2C(=O)c3cccc(NCc4ccc(CN5CC(N6CCOCC6)C5)cc4F)c3C2=O)C(=O)N1. The first-order valence-electron chi connectivity index (χ1n) is 13.4. The van der Waals surface area contributed by atoms with E-state index in [0.717, 1.165) is 49.9 Å². The minimum absolute atomic E-state index is 0.149. The molecule has 1 unspecified atom stereocenters. The molecule has 0 aliphatic carbocycles. The second-order valence-corrected chi connectivity index (χ2v) is 10.6. The van der Waals surface area contributed by atoms with Crippen molar-refractivity contribution in [1.82, 2.24) is 20.0 Å². The first-order valence-corrected chi connectivity index (χ1v) is 13.4. The number of anilines is 1. The van der Waals surface area contributed by atoms with Gasteiger partial charge in [0.1, 0.15) is 11.9 Å². The molecule has 4 aliphatic heterocycles. The zero-order valence-corrected chi connectivity index (χ0v) is 21.7. The fourth-order valence-corrected chi connectivity index (χ4v) is 5.87. The normalized spacial score (nSPS) is 22.6. The summed E-state index contributed by atoms with van der Waals surface area (Å²) in [6.45, 7) is 10.1. The molecule has 39 heavy (non-hydrogen) atoms. The first kappa shape index (κ1) is 25.7. The lowest BCUT2D eigenvalue weighted by Crippen LogP contribution is -2.60. The van der Waals surface area contributed by atoms with Crippen molar-refractivity contribution < 1.29 is 23.5 Å². The Morgan fingerprint density at radius 3 is 2.62 bits per heavy atom. The van der Waals surface area contributed by atoms with Crippen molar-refractivity contribution in [1.29, 1.82) is 0 Å². The molecule has 0 saturated carbocycles. The fourth-order valence-electron chi connectivity index (χ4n) is 5.87. The van der Waals surface area contributed by atoms with Crippen LogP contribution in [0.3, 0.4) is 0 Å². The number of allylic oxidation sites excluding steroid dienone is 1. The molecule has 2 aromatic carbocycles. The van der Waals surface area contributed by atoms with Gasteiger partial charge in [-0.2, -0.15) is 0 Å². The van der Waals surface area contributed by atoms with Crippen LogP contribution in [0.4, 0.5) is 10.1 Å². The number of amides is 3. The van der Waals surface area contributed by atoms with Crippen molar-refractivity contribution in [3.63, 3.8) is 0 Å². The van der Waals surface area contributed by atoms with Gasteiger partial charge in [0.2, 0.25) is 5.91 Å². The monoisotopic (exact) mass is 533 g/mol. The minimum atomic E-state index is -0.878. The zero-order valence-electron chi connectivity index (χ0n) is 21.7. The maximum absolute atomic E-state index is 15.0. The third-order valence-corrected chi connectivity index (χ3v) is 8.07. The summed E-state index contributed by atoms with van der Waals surface area (Å²) in [7, 11) is 0. The molecule has 4 aliphatic rings. The highest BCUT2D eigenvalue weighted by atomic mass is 19.1. The molecule has 2 aromatic rings. The van der Waals surface area contributed by atoms with Crippen LogP contribution in [0.2, 0.25) is 0 Å². The van der Waals surface area contributed by atoms with Crippen LogP contribution in [-0.2, 0) is 22.6 Å². The molecule has 3 amide bonds. The number of fused-ring (bicyclic) bond motifs is 1. The van der Waals surface area contributed by atoms with Crippen LogP contribution in [0.1, 0.15) is 44.7 Å². The number of carbonyl (C=O) groups excluding carboxylic acids is 3. The Labute approximate surface area is 226 Å². The van der Waals surface area contributed by atoms with Gasteiger partial charge < -0.3 is 15.4 Å². The lowest BCUT2D eigenvalue weighted by atomic mass is 10.0. The molecule has 10 heteroatoms. The Morgan fingerprint density at radius 1 is 1.08 bits per heavy atom. The highest BCUT2D eigenvalue weighted by molar-refractivity contribution is 6.25. The van der Waals surface area contributed by atoms with E-state index in [4.69, 9.17) is 4.74 Å². The van der Waals surface area contributed by atoms with Crippen molar-refractivity contribution in [3.05, 3.63) is 76.7 Å². The van der Waals surface area contributed by atoms with Gasteiger partial charge in [-0.3, -0.25) is 29.1 Å². The average molecular weight is 534 g/mol. The number of nitrogens with zero attached hydrogens (tertiary/aromatic N) is 3. The third kappa shape index (κ3) is 4.95. The number of benzene rings is 2. The van der Waals surface area contributed by atoms with E-state index in [1.54, 1.807) is 30.3 Å². The third-order valence-electron chi connectivity index (χ3n) is 8.07. The topological polar surface area (TPSA) is 94.2 Å². The van der Waals surface area contributed by atoms with Crippen molar-refractivity contribution in [2.24, 2.45) is 0 Å². The quantitative estimate of drug-likeness (QED) is 0.528. The fraction of sp³-hybridized carbons (Fsp3) is 0.414. The highest BCUT2D eigenvalue weighted by Crippen LogP contribution is 2.33. The van der Waals surface area contributed by atoms with Gasteiger partial charge in [-0.05, 0) is 36.6 Å². The van der Waals surface area contributed by atoms with Gasteiger partial charge in [0.25, 0.3) is 11.8 Å². The summed E-state index contributed by atoms with van der Waals surface area (Å²) < 4.78 is 20.5. The van der Waals surface area contributed by atoms with Crippen molar-refractivity contribution >= 4 is 23.4 Å². The van der Waals surface area contributed by atoms with E-state index < -0.39 is 23.8 Å². The summed E-state index contributed by atoms with van der Waals surface area (Å²) in [6.07, 6.45) is 0.832. The molecule has 3 saturated heterocycles. The predicted octanol–water partition coefficient (Wildman–Crippen LogP) is 2.34. The second-order valence-electron chi connectivity index (χ2n) is 10.6. The lowest BCUT2D eigenvalue weighted by Gasteiger charge is -2.46. The van der Waals surface area contributed by atoms with Crippen LogP contribution < -0.4 is 10.6 Å². The molecule has 4 heterocycles. The predicted molar refractivity (Wildman–Crippen MR) is 142 cm³/mol. The van der Waals surface area contributed by atoms with Crippen LogP contribution in [0.5, 0.6) is 0 Å². The molecule has 0 radical (unpaired) electrons. The number of piperidine rings is 1. The molecule has 0 spiro atoms. The first-order chi connectivity index (χ1) is 18.9. The van der Waals surface area contributed by atoms with Gasteiger partial charge in [-0.1, -0.05) is 24.8 Å². The van der Waals surface area contributed by atoms with E-state index in [-0.39, 0.29) is 23.5 Å². The summed E-state index contributed by atoms with van der Waals surface area (Å²) >= 11 is 0. The van der Waals surface area contributed by atoms with Gasteiger partial charge in [0.05, 0.1) is 24.3 Å². The van der Waals surface area contributed by atoms with Crippen LogP contribution in [0.15, 0.2) is 48.7 Å². The van der Waals surface area contributed by atoms with E-state index in [2.05, 4.69) is 27.0 Å². The standard InChI is InChI=1S/C29H32FN5O4/c1-18-5-8-25(27(36)32-18)35-28(37)22-3-2-4-24(26(22)29(35)38)31-14-20-7-6-19(13-23(20)30)15-33-16-21(17-33)34-9-11-39-12-10-34/h2-4,6-7,13,21,25,31H,1,5,8-12,14-17H2,(H,32,36). The zero-order chi connectivity index (χ0) is 27.1. The number of morpholine rings is 1. The van der Waals surface area contributed by atoms with Gasteiger partial charge in [0.15, 0.2) is 0 Å². The summed E-state index contributed by atoms with van der Waals surface area (Å²) in [5.41, 5.74) is 2.84. The molecular formula is C29H32FN5O4. The second kappa shape index (κ2) is 10.5. The van der Waals surface area contributed by atoms with Gasteiger partial charge >= 0.3 is 0 Å². The molecule has 3 fully saturated rings. The Bertz CT molecular complexity index is 1330. The largest absolute Gasteiger partial charge is 0.380 e. The van der Waals surface area contributed by atoms with E-state index >= 15 is 4.39 Å². The van der Waals surface area contributed by atoms with Crippen LogP contribution >= 0.6 is 0 Å². The van der Waals surface area contributed by atoms with Crippen molar-refractivity contribution in [2.75, 3.05) is 44.7 Å².